The molecule has 36 heavy (non-hydrogen) atoms. The van der Waals surface area contributed by atoms with E-state index in [-0.39, 0.29) is 4.90 Å². The van der Waals surface area contributed by atoms with Crippen LogP contribution in [0, 0.1) is 6.92 Å². The second-order valence-corrected chi connectivity index (χ2v) is 11.1. The quantitative estimate of drug-likeness (QED) is 0.236. The van der Waals surface area contributed by atoms with Crippen LogP contribution in [0.5, 0.6) is 0 Å². The van der Waals surface area contributed by atoms with Gasteiger partial charge in [-0.1, -0.05) is 18.2 Å². The highest BCUT2D eigenvalue weighted by Crippen LogP contribution is 2.24. The lowest BCUT2D eigenvalue weighted by atomic mass is 10.1. The van der Waals surface area contributed by atoms with E-state index in [1.54, 1.807) is 51.2 Å². The van der Waals surface area contributed by atoms with Crippen molar-refractivity contribution in [3.05, 3.63) is 65.9 Å². The predicted octanol–water partition coefficient (Wildman–Crippen LogP) is 4.27. The number of benzene rings is 2. The van der Waals surface area contributed by atoms with Crippen LogP contribution in [0.4, 0.5) is 23.1 Å². The molecule has 1 aromatic heterocycles. The zero-order valence-corrected chi connectivity index (χ0v) is 22.2. The SMILES string of the molecule is C=N/N=C(/c1cccc(Nc2ncc(C)c(Nc3cccc(S(=O)(=O)NC(C)(C)C)c3)n2)c1)N(C)C. The molecule has 3 aromatic rings. The molecule has 0 fully saturated rings. The Kier molecular flexibility index (Phi) is 8.06. The van der Waals surface area contributed by atoms with Crippen molar-refractivity contribution in [3.8, 4) is 0 Å². The maximum atomic E-state index is 12.7. The first-order chi connectivity index (χ1) is 16.9. The Bertz CT molecular complexity index is 1380. The van der Waals surface area contributed by atoms with Crippen molar-refractivity contribution in [2.45, 2.75) is 38.1 Å². The molecular formula is C25H32N8O2S. The number of nitrogens with zero attached hydrogens (tertiary/aromatic N) is 5. The second-order valence-electron chi connectivity index (χ2n) is 9.40. The fourth-order valence-electron chi connectivity index (χ4n) is 3.31. The number of amidine groups is 1. The van der Waals surface area contributed by atoms with Gasteiger partial charge in [-0.05, 0) is 58.0 Å². The van der Waals surface area contributed by atoms with Crippen molar-refractivity contribution in [2.75, 3.05) is 24.7 Å². The number of aryl methyl sites for hydroxylation is 1. The molecule has 0 radical (unpaired) electrons. The van der Waals surface area contributed by atoms with Crippen LogP contribution in [0.1, 0.15) is 31.9 Å². The summed E-state index contributed by atoms with van der Waals surface area (Å²) in [6.07, 6.45) is 1.69. The van der Waals surface area contributed by atoms with Gasteiger partial charge >= 0.3 is 0 Å². The van der Waals surface area contributed by atoms with Gasteiger partial charge in [0.15, 0.2) is 5.84 Å². The molecule has 0 atom stereocenters. The molecule has 3 rings (SSSR count). The smallest absolute Gasteiger partial charge is 0.241 e. The van der Waals surface area contributed by atoms with Crippen LogP contribution < -0.4 is 15.4 Å². The van der Waals surface area contributed by atoms with Crippen LogP contribution in [0.2, 0.25) is 0 Å². The highest BCUT2D eigenvalue weighted by atomic mass is 32.2. The van der Waals surface area contributed by atoms with E-state index in [0.717, 1.165) is 16.8 Å². The average Bonchev–Trinajstić information content (AvgIpc) is 2.78. The van der Waals surface area contributed by atoms with Crippen LogP contribution in [0.25, 0.3) is 0 Å². The maximum Gasteiger partial charge on any atom is 0.241 e. The lowest BCUT2D eigenvalue weighted by molar-refractivity contribution is 0.491. The molecule has 0 bridgehead atoms. The summed E-state index contributed by atoms with van der Waals surface area (Å²) in [6.45, 7) is 10.7. The van der Waals surface area contributed by atoms with Crippen molar-refractivity contribution in [1.29, 1.82) is 0 Å². The Labute approximate surface area is 212 Å². The van der Waals surface area contributed by atoms with Crippen molar-refractivity contribution >= 4 is 45.7 Å². The number of rotatable bonds is 8. The number of nitrogens with one attached hydrogen (secondary N) is 3. The normalized spacial score (nSPS) is 12.2. The first kappa shape index (κ1) is 26.8. The van der Waals surface area contributed by atoms with Gasteiger partial charge in [-0.15, -0.1) is 5.10 Å². The summed E-state index contributed by atoms with van der Waals surface area (Å²) >= 11 is 0. The lowest BCUT2D eigenvalue weighted by Gasteiger charge is -2.20. The topological polar surface area (TPSA) is 124 Å². The molecule has 2 aromatic carbocycles. The molecule has 0 aliphatic heterocycles. The van der Waals surface area contributed by atoms with Gasteiger partial charge in [0, 0.05) is 55.1 Å². The number of aromatic nitrogens is 2. The maximum absolute atomic E-state index is 12.7. The highest BCUT2D eigenvalue weighted by molar-refractivity contribution is 7.89. The minimum Gasteiger partial charge on any atom is -0.361 e. The zero-order chi connectivity index (χ0) is 26.5. The Morgan fingerprint density at radius 3 is 2.33 bits per heavy atom. The van der Waals surface area contributed by atoms with E-state index < -0.39 is 15.6 Å². The Morgan fingerprint density at radius 1 is 1.03 bits per heavy atom. The highest BCUT2D eigenvalue weighted by Gasteiger charge is 2.22. The van der Waals surface area contributed by atoms with Gasteiger partial charge in [0.05, 0.1) is 4.90 Å². The Hall–Kier alpha value is -3.83. The average molecular weight is 509 g/mol. The van der Waals surface area contributed by atoms with Crippen LogP contribution in [-0.2, 0) is 10.0 Å². The molecule has 0 saturated carbocycles. The molecule has 190 valence electrons. The van der Waals surface area contributed by atoms with Gasteiger partial charge in [-0.25, -0.2) is 18.1 Å². The van der Waals surface area contributed by atoms with Crippen molar-refractivity contribution in [2.24, 2.45) is 10.2 Å². The third-order valence-corrected chi connectivity index (χ3v) is 6.54. The van der Waals surface area contributed by atoms with Crippen LogP contribution in [0.15, 0.2) is 69.8 Å². The Morgan fingerprint density at radius 2 is 1.69 bits per heavy atom. The van der Waals surface area contributed by atoms with Gasteiger partial charge in [0.1, 0.15) is 5.82 Å². The summed E-state index contributed by atoms with van der Waals surface area (Å²) in [5.41, 5.74) is 2.41. The molecule has 0 aliphatic carbocycles. The number of anilines is 4. The standard InChI is InChI=1S/C25H32N8O2S/c1-17-16-27-24(29-19-11-8-10-18(14-19)23(31-26-5)33(6)7)30-22(17)28-20-12-9-13-21(15-20)36(34,35)32-25(2,3)4/h8-16,32H,5H2,1-4,6-7H3,(H2,27,28,29,30)/b31-23-. The van der Waals surface area contributed by atoms with Crippen LogP contribution in [-0.4, -0.2) is 55.5 Å². The zero-order valence-electron chi connectivity index (χ0n) is 21.4. The first-order valence-electron chi connectivity index (χ1n) is 11.2. The molecule has 0 amide bonds. The van der Waals surface area contributed by atoms with Gasteiger partial charge < -0.3 is 15.5 Å². The number of hydrogen-bond donors (Lipinski definition) is 3. The van der Waals surface area contributed by atoms with Crippen molar-refractivity contribution in [3.63, 3.8) is 0 Å². The molecule has 11 heteroatoms. The first-order valence-corrected chi connectivity index (χ1v) is 12.7. The van der Waals surface area contributed by atoms with E-state index in [0.29, 0.717) is 23.3 Å². The Balaban J connectivity index is 1.85. The van der Waals surface area contributed by atoms with Crippen molar-refractivity contribution in [1.82, 2.24) is 19.6 Å². The lowest BCUT2D eigenvalue weighted by Crippen LogP contribution is -2.40. The van der Waals surface area contributed by atoms with Gasteiger partial charge in [0.25, 0.3) is 0 Å². The molecule has 1 heterocycles. The number of sulfonamides is 1. The summed E-state index contributed by atoms with van der Waals surface area (Å²) in [6, 6.07) is 14.2. The van der Waals surface area contributed by atoms with Crippen molar-refractivity contribution < 1.29 is 8.42 Å². The molecule has 0 unspecified atom stereocenters. The van der Waals surface area contributed by atoms with E-state index in [2.05, 4.69) is 42.2 Å². The van der Waals surface area contributed by atoms with Gasteiger partial charge in [-0.2, -0.15) is 10.1 Å². The summed E-state index contributed by atoms with van der Waals surface area (Å²) in [4.78, 5) is 11.0. The molecule has 3 N–H and O–H groups in total. The predicted molar refractivity (Wildman–Crippen MR) is 146 cm³/mol. The molecular weight excluding hydrogens is 476 g/mol. The fourth-order valence-corrected chi connectivity index (χ4v) is 4.77. The number of hydrogen-bond acceptors (Lipinski definition) is 8. The summed E-state index contributed by atoms with van der Waals surface area (Å²) in [5.74, 6) is 1.59. The van der Waals surface area contributed by atoms with E-state index in [1.165, 1.54) is 0 Å². The van der Waals surface area contributed by atoms with E-state index in [9.17, 15) is 8.42 Å². The summed E-state index contributed by atoms with van der Waals surface area (Å²) in [5, 5.41) is 14.2. The monoisotopic (exact) mass is 508 g/mol. The van der Waals surface area contributed by atoms with Gasteiger partial charge in [0.2, 0.25) is 16.0 Å². The minimum atomic E-state index is -3.67. The van der Waals surface area contributed by atoms with E-state index >= 15 is 0 Å². The third-order valence-electron chi connectivity index (χ3n) is 4.79. The molecule has 10 nitrogen and oxygen atoms in total. The van der Waals surface area contributed by atoms with Gasteiger partial charge in [-0.3, -0.25) is 0 Å². The minimum absolute atomic E-state index is 0.164. The third kappa shape index (κ3) is 7.09. The largest absolute Gasteiger partial charge is 0.361 e. The summed E-state index contributed by atoms with van der Waals surface area (Å²) in [7, 11) is 0.0869. The molecule has 0 spiro atoms. The second kappa shape index (κ2) is 10.8. The van der Waals surface area contributed by atoms with E-state index in [4.69, 9.17) is 0 Å². The van der Waals surface area contributed by atoms with E-state index in [1.807, 2.05) is 50.2 Å². The molecule has 0 saturated heterocycles. The summed E-state index contributed by atoms with van der Waals surface area (Å²) < 4.78 is 28.1. The van der Waals surface area contributed by atoms with Crippen LogP contribution in [0.3, 0.4) is 0 Å². The van der Waals surface area contributed by atoms with Crippen LogP contribution >= 0.6 is 0 Å². The fraction of sp³-hybridized carbons (Fsp3) is 0.280. The molecule has 0 aliphatic rings.